The molecule has 0 aliphatic heterocycles. The number of aliphatic imine (C=N–C) groups is 1. The lowest BCUT2D eigenvalue weighted by atomic mass is 10.1. The molecule has 0 aliphatic rings. The lowest BCUT2D eigenvalue weighted by Gasteiger charge is -2.14. The zero-order valence-electron chi connectivity index (χ0n) is 18.6. The molecule has 160 valence electrons. The summed E-state index contributed by atoms with van der Waals surface area (Å²) in [5.41, 5.74) is 5.65. The van der Waals surface area contributed by atoms with Gasteiger partial charge in [0.25, 0.3) is 0 Å². The number of nitrogens with zero attached hydrogens (tertiary/aromatic N) is 3. The van der Waals surface area contributed by atoms with E-state index < -0.39 is 0 Å². The van der Waals surface area contributed by atoms with Crippen LogP contribution in [0.2, 0.25) is 0 Å². The van der Waals surface area contributed by atoms with E-state index in [2.05, 4.69) is 54.7 Å². The lowest BCUT2D eigenvalue weighted by Crippen LogP contribution is -2.37. The molecule has 1 heterocycles. The number of nitrogens with one attached hydrogen (secondary N) is 2. The molecule has 1 aromatic heterocycles. The summed E-state index contributed by atoms with van der Waals surface area (Å²) < 4.78 is 13.0. The van der Waals surface area contributed by atoms with Gasteiger partial charge in [0.15, 0.2) is 5.96 Å². The van der Waals surface area contributed by atoms with Gasteiger partial charge < -0.3 is 20.1 Å². The summed E-state index contributed by atoms with van der Waals surface area (Å²) in [6.45, 7) is 11.6. The first-order valence-corrected chi connectivity index (χ1v) is 10.2. The van der Waals surface area contributed by atoms with Gasteiger partial charge in [0.05, 0.1) is 18.8 Å². The van der Waals surface area contributed by atoms with Crippen molar-refractivity contribution in [1.29, 1.82) is 0 Å². The highest BCUT2D eigenvalue weighted by molar-refractivity contribution is 5.79. The average Bonchev–Trinajstić information content (AvgIpc) is 2.94. The molecule has 2 N–H and O–H groups in total. The Kier molecular flexibility index (Phi) is 8.99. The van der Waals surface area contributed by atoms with Crippen LogP contribution in [0.4, 0.5) is 0 Å². The van der Waals surface area contributed by atoms with Crippen LogP contribution < -0.4 is 15.4 Å². The number of aryl methyl sites for hydroxylation is 3. The Bertz CT molecular complexity index is 814. The van der Waals surface area contributed by atoms with E-state index in [1.165, 1.54) is 11.1 Å². The zero-order valence-corrected chi connectivity index (χ0v) is 18.6. The monoisotopic (exact) mass is 401 g/mol. The largest absolute Gasteiger partial charge is 0.493 e. The standard InChI is InChI=1S/C22H35N5O2/c1-7-23-22(25-15-20-17(3)26-27(5)18(20)4)24-14-19-10-9-16(2)13-21(19)29-12-8-11-28-6/h9-10,13H,7-8,11-12,14-15H2,1-6H3,(H2,23,24,25). The van der Waals surface area contributed by atoms with E-state index in [9.17, 15) is 0 Å². The molecule has 0 spiro atoms. The van der Waals surface area contributed by atoms with E-state index in [1.807, 2.05) is 18.7 Å². The highest BCUT2D eigenvalue weighted by atomic mass is 16.5. The predicted molar refractivity (Wildman–Crippen MR) is 118 cm³/mol. The van der Waals surface area contributed by atoms with E-state index in [-0.39, 0.29) is 0 Å². The second kappa shape index (κ2) is 11.5. The van der Waals surface area contributed by atoms with Crippen LogP contribution in [0.5, 0.6) is 5.75 Å². The minimum atomic E-state index is 0.542. The number of hydrogen-bond acceptors (Lipinski definition) is 4. The quantitative estimate of drug-likeness (QED) is 0.364. The van der Waals surface area contributed by atoms with Gasteiger partial charge in [-0.05, 0) is 39.3 Å². The van der Waals surface area contributed by atoms with E-state index in [0.717, 1.165) is 41.6 Å². The van der Waals surface area contributed by atoms with Gasteiger partial charge in [-0.25, -0.2) is 4.99 Å². The van der Waals surface area contributed by atoms with E-state index >= 15 is 0 Å². The van der Waals surface area contributed by atoms with Crippen LogP contribution in [0.1, 0.15) is 41.4 Å². The summed E-state index contributed by atoms with van der Waals surface area (Å²) in [7, 11) is 3.67. The third kappa shape index (κ3) is 6.78. The second-order valence-corrected chi connectivity index (χ2v) is 7.13. The Balaban J connectivity index is 2.07. The Hall–Kier alpha value is -2.54. The van der Waals surface area contributed by atoms with Crippen LogP contribution >= 0.6 is 0 Å². The summed E-state index contributed by atoms with van der Waals surface area (Å²) in [6.07, 6.45) is 0.862. The van der Waals surface area contributed by atoms with E-state index in [4.69, 9.17) is 14.5 Å². The molecule has 2 rings (SSSR count). The topological polar surface area (TPSA) is 72.7 Å². The number of rotatable bonds is 10. The molecular formula is C22H35N5O2. The maximum atomic E-state index is 5.97. The first kappa shape index (κ1) is 22.7. The van der Waals surface area contributed by atoms with Gasteiger partial charge in [0.1, 0.15) is 5.75 Å². The number of aromatic nitrogens is 2. The van der Waals surface area contributed by atoms with Crippen molar-refractivity contribution in [3.63, 3.8) is 0 Å². The van der Waals surface area contributed by atoms with Gasteiger partial charge in [-0.15, -0.1) is 0 Å². The molecule has 1 aromatic carbocycles. The molecule has 0 atom stereocenters. The smallest absolute Gasteiger partial charge is 0.191 e. The molecule has 0 fully saturated rings. The van der Waals surface area contributed by atoms with Gasteiger partial charge in [-0.1, -0.05) is 12.1 Å². The highest BCUT2D eigenvalue weighted by Gasteiger charge is 2.10. The minimum Gasteiger partial charge on any atom is -0.493 e. The highest BCUT2D eigenvalue weighted by Crippen LogP contribution is 2.21. The molecule has 7 nitrogen and oxygen atoms in total. The first-order valence-electron chi connectivity index (χ1n) is 10.2. The fourth-order valence-electron chi connectivity index (χ4n) is 3.06. The Labute approximate surface area is 174 Å². The van der Waals surface area contributed by atoms with Crippen LogP contribution in [-0.2, 0) is 24.9 Å². The Morgan fingerprint density at radius 1 is 1.17 bits per heavy atom. The molecule has 0 aliphatic carbocycles. The van der Waals surface area contributed by atoms with Gasteiger partial charge in [-0.2, -0.15) is 5.10 Å². The van der Waals surface area contributed by atoms with Crippen molar-refractivity contribution in [3.8, 4) is 5.75 Å². The van der Waals surface area contributed by atoms with Crippen LogP contribution in [-0.4, -0.2) is 42.6 Å². The van der Waals surface area contributed by atoms with Crippen molar-refractivity contribution in [3.05, 3.63) is 46.3 Å². The maximum Gasteiger partial charge on any atom is 0.191 e. The fraction of sp³-hybridized carbons (Fsp3) is 0.545. The third-order valence-corrected chi connectivity index (χ3v) is 4.82. The van der Waals surface area contributed by atoms with Crippen molar-refractivity contribution in [2.75, 3.05) is 26.9 Å². The Morgan fingerprint density at radius 2 is 1.97 bits per heavy atom. The summed E-state index contributed by atoms with van der Waals surface area (Å²) in [5.74, 6) is 1.67. The molecule has 29 heavy (non-hydrogen) atoms. The normalized spacial score (nSPS) is 11.6. The van der Waals surface area contributed by atoms with E-state index in [1.54, 1.807) is 7.11 Å². The molecule has 0 bridgehead atoms. The molecule has 2 aromatic rings. The van der Waals surface area contributed by atoms with Crippen molar-refractivity contribution in [2.24, 2.45) is 12.0 Å². The first-order chi connectivity index (χ1) is 14.0. The molecule has 0 saturated heterocycles. The minimum absolute atomic E-state index is 0.542. The van der Waals surface area contributed by atoms with Crippen molar-refractivity contribution in [1.82, 2.24) is 20.4 Å². The number of ether oxygens (including phenoxy) is 2. The van der Waals surface area contributed by atoms with Crippen molar-refractivity contribution < 1.29 is 9.47 Å². The average molecular weight is 402 g/mol. The van der Waals surface area contributed by atoms with Gasteiger partial charge in [0.2, 0.25) is 0 Å². The summed E-state index contributed by atoms with van der Waals surface area (Å²) >= 11 is 0. The third-order valence-electron chi connectivity index (χ3n) is 4.82. The van der Waals surface area contributed by atoms with Crippen LogP contribution in [0.25, 0.3) is 0 Å². The molecule has 0 amide bonds. The number of methoxy groups -OCH3 is 1. The predicted octanol–water partition coefficient (Wildman–Crippen LogP) is 3.02. The molecular weight excluding hydrogens is 366 g/mol. The SMILES string of the molecule is CCNC(=NCc1ccc(C)cc1OCCCOC)NCc1c(C)nn(C)c1C. The van der Waals surface area contributed by atoms with Gasteiger partial charge in [0, 0.05) is 57.1 Å². The summed E-state index contributed by atoms with van der Waals surface area (Å²) in [4.78, 5) is 4.76. The Morgan fingerprint density at radius 3 is 2.62 bits per heavy atom. The summed E-state index contributed by atoms with van der Waals surface area (Å²) in [6, 6.07) is 6.25. The number of guanidine groups is 1. The fourth-order valence-corrected chi connectivity index (χ4v) is 3.06. The van der Waals surface area contributed by atoms with Crippen LogP contribution in [0, 0.1) is 20.8 Å². The van der Waals surface area contributed by atoms with Crippen LogP contribution in [0.3, 0.4) is 0 Å². The second-order valence-electron chi connectivity index (χ2n) is 7.13. The molecule has 0 saturated carbocycles. The molecule has 0 radical (unpaired) electrons. The zero-order chi connectivity index (χ0) is 21.2. The maximum absolute atomic E-state index is 5.97. The van der Waals surface area contributed by atoms with Crippen molar-refractivity contribution in [2.45, 2.75) is 47.2 Å². The van der Waals surface area contributed by atoms with Crippen LogP contribution in [0.15, 0.2) is 23.2 Å². The lowest BCUT2D eigenvalue weighted by molar-refractivity contribution is 0.172. The summed E-state index contributed by atoms with van der Waals surface area (Å²) in [5, 5.41) is 11.2. The number of hydrogen-bond donors (Lipinski definition) is 2. The molecule has 0 unspecified atom stereocenters. The van der Waals surface area contributed by atoms with Gasteiger partial charge >= 0.3 is 0 Å². The van der Waals surface area contributed by atoms with Crippen molar-refractivity contribution >= 4 is 5.96 Å². The van der Waals surface area contributed by atoms with Gasteiger partial charge in [-0.3, -0.25) is 4.68 Å². The number of benzene rings is 1. The molecule has 7 heteroatoms. The van der Waals surface area contributed by atoms with E-state index in [0.29, 0.717) is 26.3 Å².